The molecule has 1 rings (SSSR count). The Morgan fingerprint density at radius 1 is 1.20 bits per heavy atom. The summed E-state index contributed by atoms with van der Waals surface area (Å²) in [7, 11) is 3.36. The molecule has 1 aromatic rings. The molecule has 0 aliphatic rings. The van der Waals surface area contributed by atoms with E-state index in [9.17, 15) is 0 Å². The Morgan fingerprint density at radius 3 is 2.40 bits per heavy atom. The van der Waals surface area contributed by atoms with Gasteiger partial charge in [0.2, 0.25) is 0 Å². The monoisotopic (exact) mass is 290 g/mol. The second kappa shape index (κ2) is 6.28. The fourth-order valence-electron chi connectivity index (χ4n) is 1.33. The zero-order valence-corrected chi connectivity index (χ0v) is 11.6. The van der Waals surface area contributed by atoms with Crippen LogP contribution in [-0.4, -0.2) is 26.2 Å². The third-order valence-corrected chi connectivity index (χ3v) is 3.36. The lowest BCUT2D eigenvalue weighted by atomic mass is 10.1. The van der Waals surface area contributed by atoms with Crippen LogP contribution < -0.4 is 9.47 Å². The average molecular weight is 291 g/mol. The normalized spacial score (nSPS) is 10.1. The van der Waals surface area contributed by atoms with E-state index in [-0.39, 0.29) is 0 Å². The molecule has 84 valence electrons. The average Bonchev–Trinajstić information content (AvgIpc) is 2.26. The van der Waals surface area contributed by atoms with Gasteiger partial charge < -0.3 is 9.47 Å². The summed E-state index contributed by atoms with van der Waals surface area (Å²) in [5, 5.41) is 0. The number of hydrogen-bond donors (Lipinski definition) is 0. The van der Waals surface area contributed by atoms with E-state index >= 15 is 0 Å². The SMILES string of the molecule is COc1cc(CCSC)c(OC)cc1Br. The summed E-state index contributed by atoms with van der Waals surface area (Å²) < 4.78 is 11.5. The van der Waals surface area contributed by atoms with Crippen molar-refractivity contribution in [1.29, 1.82) is 0 Å². The molecule has 0 bridgehead atoms. The summed E-state index contributed by atoms with van der Waals surface area (Å²) in [6.45, 7) is 0. The highest BCUT2D eigenvalue weighted by Crippen LogP contribution is 2.33. The first-order valence-electron chi connectivity index (χ1n) is 4.62. The van der Waals surface area contributed by atoms with Crippen LogP contribution in [0.1, 0.15) is 5.56 Å². The summed E-state index contributed by atoms with van der Waals surface area (Å²) in [5.74, 6) is 2.85. The number of methoxy groups -OCH3 is 2. The van der Waals surface area contributed by atoms with Crippen molar-refractivity contribution in [2.24, 2.45) is 0 Å². The first-order valence-corrected chi connectivity index (χ1v) is 6.81. The van der Waals surface area contributed by atoms with Crippen molar-refractivity contribution in [3.8, 4) is 11.5 Å². The predicted octanol–water partition coefficient (Wildman–Crippen LogP) is 3.37. The van der Waals surface area contributed by atoms with Gasteiger partial charge in [0.25, 0.3) is 0 Å². The largest absolute Gasteiger partial charge is 0.496 e. The van der Waals surface area contributed by atoms with Crippen molar-refractivity contribution in [3.05, 3.63) is 22.2 Å². The molecule has 0 atom stereocenters. The number of ether oxygens (including phenoxy) is 2. The topological polar surface area (TPSA) is 18.5 Å². The fourth-order valence-corrected chi connectivity index (χ4v) is 2.24. The van der Waals surface area contributed by atoms with E-state index in [0.29, 0.717) is 0 Å². The molecule has 0 aromatic heterocycles. The number of benzene rings is 1. The van der Waals surface area contributed by atoms with Gasteiger partial charge in [0.1, 0.15) is 11.5 Å². The first kappa shape index (κ1) is 12.7. The Labute approximate surface area is 103 Å². The van der Waals surface area contributed by atoms with Crippen molar-refractivity contribution >= 4 is 27.7 Å². The van der Waals surface area contributed by atoms with Crippen LogP contribution in [0, 0.1) is 0 Å². The molecular formula is C11H15BrO2S. The van der Waals surface area contributed by atoms with Crippen molar-refractivity contribution in [1.82, 2.24) is 0 Å². The lowest BCUT2D eigenvalue weighted by Crippen LogP contribution is -1.96. The van der Waals surface area contributed by atoms with Gasteiger partial charge in [0, 0.05) is 0 Å². The van der Waals surface area contributed by atoms with Crippen LogP contribution in [0.4, 0.5) is 0 Å². The maximum Gasteiger partial charge on any atom is 0.133 e. The van der Waals surface area contributed by atoms with Gasteiger partial charge in [-0.1, -0.05) is 0 Å². The van der Waals surface area contributed by atoms with Gasteiger partial charge in [-0.2, -0.15) is 11.8 Å². The summed E-state index contributed by atoms with van der Waals surface area (Å²) >= 11 is 5.27. The minimum atomic E-state index is 0.854. The van der Waals surface area contributed by atoms with E-state index in [1.165, 1.54) is 5.56 Å². The molecule has 0 unspecified atom stereocenters. The standard InChI is InChI=1S/C11H15BrO2S/c1-13-10-7-9(12)11(14-2)6-8(10)4-5-15-3/h6-7H,4-5H2,1-3H3. The quantitative estimate of drug-likeness (QED) is 0.828. The third-order valence-electron chi connectivity index (χ3n) is 2.13. The molecule has 0 aliphatic carbocycles. The summed E-state index contributed by atoms with van der Waals surface area (Å²) in [5.41, 5.74) is 1.19. The Kier molecular flexibility index (Phi) is 5.32. The van der Waals surface area contributed by atoms with Crippen LogP contribution in [0.3, 0.4) is 0 Å². The number of rotatable bonds is 5. The molecule has 2 nitrogen and oxygen atoms in total. The van der Waals surface area contributed by atoms with Crippen molar-refractivity contribution in [2.45, 2.75) is 6.42 Å². The molecule has 0 heterocycles. The van der Waals surface area contributed by atoms with E-state index in [1.807, 2.05) is 23.9 Å². The van der Waals surface area contributed by atoms with Crippen molar-refractivity contribution in [3.63, 3.8) is 0 Å². The van der Waals surface area contributed by atoms with Crippen molar-refractivity contribution < 1.29 is 9.47 Å². The Balaban J connectivity index is 2.99. The summed E-state index contributed by atoms with van der Waals surface area (Å²) in [6, 6.07) is 3.98. The van der Waals surface area contributed by atoms with E-state index < -0.39 is 0 Å². The van der Waals surface area contributed by atoms with E-state index in [4.69, 9.17) is 9.47 Å². The first-order chi connectivity index (χ1) is 7.22. The van der Waals surface area contributed by atoms with E-state index in [0.717, 1.165) is 28.1 Å². The van der Waals surface area contributed by atoms with Gasteiger partial charge in [-0.15, -0.1) is 0 Å². The van der Waals surface area contributed by atoms with Crippen LogP contribution >= 0.6 is 27.7 Å². The van der Waals surface area contributed by atoms with Crippen LogP contribution in [0.15, 0.2) is 16.6 Å². The molecule has 1 aromatic carbocycles. The minimum absolute atomic E-state index is 0.854. The molecule has 15 heavy (non-hydrogen) atoms. The minimum Gasteiger partial charge on any atom is -0.496 e. The smallest absolute Gasteiger partial charge is 0.133 e. The second-order valence-electron chi connectivity index (χ2n) is 3.04. The molecule has 0 spiro atoms. The zero-order valence-electron chi connectivity index (χ0n) is 9.17. The predicted molar refractivity (Wildman–Crippen MR) is 69.3 cm³/mol. The van der Waals surface area contributed by atoms with Crippen molar-refractivity contribution in [2.75, 3.05) is 26.2 Å². The molecule has 0 N–H and O–H groups in total. The Hall–Kier alpha value is -0.350. The molecule has 0 saturated heterocycles. The van der Waals surface area contributed by atoms with Gasteiger partial charge in [-0.3, -0.25) is 0 Å². The molecule has 0 saturated carbocycles. The highest BCUT2D eigenvalue weighted by atomic mass is 79.9. The molecule has 4 heteroatoms. The third kappa shape index (κ3) is 3.31. The number of halogens is 1. The van der Waals surface area contributed by atoms with E-state index in [1.54, 1.807) is 14.2 Å². The van der Waals surface area contributed by atoms with Crippen LogP contribution in [0.2, 0.25) is 0 Å². The summed E-state index contributed by atoms with van der Waals surface area (Å²) in [6.07, 6.45) is 3.09. The van der Waals surface area contributed by atoms with Crippen LogP contribution in [0.5, 0.6) is 11.5 Å². The fraction of sp³-hybridized carbons (Fsp3) is 0.455. The highest BCUT2D eigenvalue weighted by molar-refractivity contribution is 9.10. The van der Waals surface area contributed by atoms with E-state index in [2.05, 4.69) is 22.2 Å². The molecule has 0 aliphatic heterocycles. The maximum absolute atomic E-state index is 5.33. The van der Waals surface area contributed by atoms with Gasteiger partial charge in [-0.05, 0) is 52.1 Å². The van der Waals surface area contributed by atoms with Gasteiger partial charge >= 0.3 is 0 Å². The summed E-state index contributed by atoms with van der Waals surface area (Å²) in [4.78, 5) is 0. The second-order valence-corrected chi connectivity index (χ2v) is 4.88. The van der Waals surface area contributed by atoms with Gasteiger partial charge in [0.15, 0.2) is 0 Å². The van der Waals surface area contributed by atoms with Crippen LogP contribution in [0.25, 0.3) is 0 Å². The number of aryl methyl sites for hydroxylation is 1. The molecule has 0 fully saturated rings. The van der Waals surface area contributed by atoms with Gasteiger partial charge in [-0.25, -0.2) is 0 Å². The number of hydrogen-bond acceptors (Lipinski definition) is 3. The Morgan fingerprint density at radius 2 is 1.87 bits per heavy atom. The molecular weight excluding hydrogens is 276 g/mol. The lowest BCUT2D eigenvalue weighted by Gasteiger charge is -2.11. The van der Waals surface area contributed by atoms with Crippen LogP contribution in [-0.2, 0) is 6.42 Å². The molecule has 0 radical (unpaired) electrons. The lowest BCUT2D eigenvalue weighted by molar-refractivity contribution is 0.397. The maximum atomic E-state index is 5.33. The Bertz CT molecular complexity index is 329. The number of thioether (sulfide) groups is 1. The van der Waals surface area contributed by atoms with Gasteiger partial charge in [0.05, 0.1) is 18.7 Å². The molecule has 0 amide bonds. The zero-order chi connectivity index (χ0) is 11.3. The highest BCUT2D eigenvalue weighted by Gasteiger charge is 2.08.